The van der Waals surface area contributed by atoms with Crippen molar-refractivity contribution in [2.75, 3.05) is 45.8 Å². The third kappa shape index (κ3) is 20.1. The van der Waals surface area contributed by atoms with Gasteiger partial charge in [0.05, 0.1) is 25.7 Å². The molecule has 84 heavy (non-hydrogen) atoms. The molecule has 456 valence electrons. The Kier molecular flexibility index (Phi) is 25.0. The van der Waals surface area contributed by atoms with Gasteiger partial charge in [-0.2, -0.15) is 0 Å². The van der Waals surface area contributed by atoms with E-state index in [1.165, 1.54) is 29.2 Å². The number of aliphatic hydroxyl groups excluding tert-OH is 1. The number of hydrogen-bond donors (Lipinski definition) is 17. The summed E-state index contributed by atoms with van der Waals surface area (Å²) >= 11 is 0. The van der Waals surface area contributed by atoms with Gasteiger partial charge in [0.1, 0.15) is 48.0 Å². The molecule has 3 aromatic rings. The van der Waals surface area contributed by atoms with Crippen molar-refractivity contribution in [2.45, 2.75) is 120 Å². The van der Waals surface area contributed by atoms with Gasteiger partial charge in [-0.25, -0.2) is 4.79 Å². The zero-order valence-electron chi connectivity index (χ0n) is 46.9. The maximum Gasteiger partial charge on any atom is 0.326 e. The minimum atomic E-state index is -1.45. The van der Waals surface area contributed by atoms with Crippen LogP contribution in [0, 0.1) is 16.7 Å². The number of nitrogens with one attached hydrogen (secondary N) is 11. The second-order valence-electron chi connectivity index (χ2n) is 20.9. The quantitative estimate of drug-likeness (QED) is 0.0173. The topological polar surface area (TPSA) is 472 Å². The first-order valence-electron chi connectivity index (χ1n) is 27.6. The van der Waals surface area contributed by atoms with Gasteiger partial charge in [-0.05, 0) is 78.5 Å². The standard InChI is InChI=1S/C55H78N16O13/c1-30(2)46(69-48(78)38(11-6-20-62-55(59)60)66-49(79)39(23-31-14-17-35(72)18-15-31)67-50(80)42-25-36(73)29-71(42)45(76)28-63-43(74)26-56)51(81)64-27-44(75)65-37(10-5-19-61-54(57)58)47(77)68-40(52(82)70-21-7-12-41(70)53(83)84)24-32-13-16-33-8-3-4-9-34(33)22-32/h3-4,8-9,13-18,22,30,36-42,46,72-73H,5-7,10-12,19-21,23-29,56H2,1-2H3,(H,63,74)(H,64,81)(H,65,75)(H,66,79)(H,67,80)(H,68,77)(H,69,78)(H,83,84)(H4,57,58,61)(H4,59,60,62)/t36-,37+,38+,39-,40-,41+,42+,46-/m1/s1. The smallest absolute Gasteiger partial charge is 0.326 e. The molecular weight excluding hydrogens is 1090 g/mol. The predicted molar refractivity (Wildman–Crippen MR) is 306 cm³/mol. The van der Waals surface area contributed by atoms with E-state index >= 15 is 0 Å². The lowest BCUT2D eigenvalue weighted by Gasteiger charge is -2.29. The summed E-state index contributed by atoms with van der Waals surface area (Å²) in [7, 11) is 0. The van der Waals surface area contributed by atoms with Crippen molar-refractivity contribution in [3.63, 3.8) is 0 Å². The molecule has 0 spiro atoms. The Morgan fingerprint density at radius 3 is 1.85 bits per heavy atom. The van der Waals surface area contributed by atoms with Gasteiger partial charge >= 0.3 is 5.97 Å². The van der Waals surface area contributed by atoms with Crippen molar-refractivity contribution < 1.29 is 63.3 Å². The van der Waals surface area contributed by atoms with Crippen molar-refractivity contribution in [2.24, 2.45) is 23.1 Å². The molecule has 0 radical (unpaired) electrons. The van der Waals surface area contributed by atoms with Gasteiger partial charge in [0.15, 0.2) is 11.9 Å². The fourth-order valence-corrected chi connectivity index (χ4v) is 9.77. The number of carboxylic acids is 1. The van der Waals surface area contributed by atoms with Crippen LogP contribution in [0.5, 0.6) is 5.75 Å². The number of aliphatic hydroxyl groups is 1. The number of phenols is 1. The molecule has 5 rings (SSSR count). The molecule has 3 aromatic carbocycles. The number of nitrogens with zero attached hydrogens (tertiary/aromatic N) is 2. The monoisotopic (exact) mass is 1170 g/mol. The van der Waals surface area contributed by atoms with Gasteiger partial charge in [0, 0.05) is 45.4 Å². The van der Waals surface area contributed by atoms with Crippen molar-refractivity contribution >= 4 is 81.8 Å². The molecule has 8 atom stereocenters. The number of phenolic OH excluding ortho intramolecular Hbond substituents is 1. The molecule has 20 N–H and O–H groups in total. The number of aromatic hydroxyl groups is 1. The Labute approximate surface area is 484 Å². The fraction of sp³-hybridized carbons (Fsp3) is 0.491. The molecule has 0 aromatic heterocycles. The summed E-state index contributed by atoms with van der Waals surface area (Å²) in [4.78, 5) is 138. The van der Waals surface area contributed by atoms with Crippen molar-refractivity contribution in [3.05, 3.63) is 77.9 Å². The molecule has 9 amide bonds. The summed E-state index contributed by atoms with van der Waals surface area (Å²) in [5.74, 6) is -9.75. The maximum absolute atomic E-state index is 14.4. The van der Waals surface area contributed by atoms with E-state index in [1.54, 1.807) is 19.9 Å². The zero-order chi connectivity index (χ0) is 61.6. The van der Waals surface area contributed by atoms with E-state index in [0.29, 0.717) is 17.5 Å². The molecular formula is C55H78N16O13. The van der Waals surface area contributed by atoms with Crippen LogP contribution in [0.1, 0.15) is 69.9 Å². The number of carboxylic acid groups (broad SMARTS) is 1. The van der Waals surface area contributed by atoms with E-state index in [-0.39, 0.29) is 95.2 Å². The number of likely N-dealkylation sites (tertiary alicyclic amines) is 2. The van der Waals surface area contributed by atoms with Crippen LogP contribution in [-0.4, -0.2) is 190 Å². The summed E-state index contributed by atoms with van der Waals surface area (Å²) < 4.78 is 0. The van der Waals surface area contributed by atoms with E-state index in [2.05, 4.69) is 47.9 Å². The normalized spacial score (nSPS) is 17.3. The van der Waals surface area contributed by atoms with Crippen LogP contribution in [0.3, 0.4) is 0 Å². The highest BCUT2D eigenvalue weighted by Gasteiger charge is 2.42. The molecule has 2 aliphatic rings. The van der Waals surface area contributed by atoms with Gasteiger partial charge in [-0.15, -0.1) is 0 Å². The van der Waals surface area contributed by atoms with Crippen molar-refractivity contribution in [1.29, 1.82) is 10.8 Å². The molecule has 29 nitrogen and oxygen atoms in total. The molecule has 2 fully saturated rings. The number of benzene rings is 3. The Bertz CT molecular complexity index is 2870. The van der Waals surface area contributed by atoms with Gasteiger partial charge < -0.3 is 90.2 Å². The largest absolute Gasteiger partial charge is 0.508 e. The van der Waals surface area contributed by atoms with Crippen molar-refractivity contribution in [3.8, 4) is 5.75 Å². The first-order chi connectivity index (χ1) is 39.9. The predicted octanol–water partition coefficient (Wildman–Crippen LogP) is -3.83. The van der Waals surface area contributed by atoms with Crippen LogP contribution in [-0.2, 0) is 60.8 Å². The highest BCUT2D eigenvalue weighted by Crippen LogP contribution is 2.23. The number of hydrogen-bond acceptors (Lipinski definition) is 15. The number of rotatable bonds is 30. The zero-order valence-corrected chi connectivity index (χ0v) is 46.9. The minimum Gasteiger partial charge on any atom is -0.508 e. The second-order valence-corrected chi connectivity index (χ2v) is 20.9. The lowest BCUT2D eigenvalue weighted by atomic mass is 10.00. The number of amides is 9. The highest BCUT2D eigenvalue weighted by molar-refractivity contribution is 5.98. The SMILES string of the molecule is CC(C)[C@@H](NC(=O)[C@H](CCCNC(=N)N)NC(=O)[C@@H](Cc1ccc(O)cc1)NC(=O)[C@@H]1C[C@@H](O)CN1C(=O)CNC(=O)CN)C(=O)NCC(=O)N[C@@H](CCCNC(=N)N)C(=O)N[C@H](Cc1ccc2ccccc2c1)C(=O)N1CCC[C@H]1C(=O)O. The Morgan fingerprint density at radius 2 is 1.23 bits per heavy atom. The van der Waals surface area contributed by atoms with Crippen molar-refractivity contribution in [1.82, 2.24) is 57.7 Å². The van der Waals surface area contributed by atoms with Crippen LogP contribution >= 0.6 is 0 Å². The number of aliphatic carboxylic acids is 1. The van der Waals surface area contributed by atoms with Crippen LogP contribution < -0.4 is 65.1 Å². The number of β-amino-alcohol motifs (C(OH)–C–C–N with tert-alkyl or cyclic N) is 1. The summed E-state index contributed by atoms with van der Waals surface area (Å²) in [6, 6.07) is 9.47. The van der Waals surface area contributed by atoms with Crippen LogP contribution in [0.4, 0.5) is 0 Å². The number of fused-ring (bicyclic) bond motifs is 1. The molecule has 0 bridgehead atoms. The molecule has 0 saturated carbocycles. The number of guanidine groups is 2. The maximum atomic E-state index is 14.4. The average molecular weight is 1170 g/mol. The number of carbonyl (C=O) groups excluding carboxylic acids is 9. The van der Waals surface area contributed by atoms with E-state index in [0.717, 1.165) is 15.7 Å². The third-order valence-corrected chi connectivity index (χ3v) is 14.1. The molecule has 2 aliphatic heterocycles. The van der Waals surface area contributed by atoms with E-state index in [4.69, 9.17) is 28.0 Å². The van der Waals surface area contributed by atoms with Gasteiger partial charge in [-0.3, -0.25) is 54.0 Å². The third-order valence-electron chi connectivity index (χ3n) is 14.1. The van der Waals surface area contributed by atoms with Gasteiger partial charge in [0.25, 0.3) is 0 Å². The Morgan fingerprint density at radius 1 is 0.643 bits per heavy atom. The lowest BCUT2D eigenvalue weighted by Crippen LogP contribution is -2.60. The van der Waals surface area contributed by atoms with E-state index < -0.39 is 133 Å². The summed E-state index contributed by atoms with van der Waals surface area (Å²) in [5, 5.41) is 70.7. The summed E-state index contributed by atoms with van der Waals surface area (Å²) in [5.41, 5.74) is 17.4. The highest BCUT2D eigenvalue weighted by atomic mass is 16.4. The molecule has 0 unspecified atom stereocenters. The van der Waals surface area contributed by atoms with Crippen LogP contribution in [0.2, 0.25) is 0 Å². The summed E-state index contributed by atoms with van der Waals surface area (Å²) in [6.07, 6.45) is -0.805. The molecule has 29 heteroatoms. The fourth-order valence-electron chi connectivity index (χ4n) is 9.77. The summed E-state index contributed by atoms with van der Waals surface area (Å²) in [6.45, 7) is 1.62. The van der Waals surface area contributed by atoms with Crippen LogP contribution in [0.15, 0.2) is 66.7 Å². The van der Waals surface area contributed by atoms with Gasteiger partial charge in [0.2, 0.25) is 53.2 Å². The van der Waals surface area contributed by atoms with E-state index in [9.17, 15) is 63.3 Å². The first kappa shape index (κ1) is 65.7. The lowest BCUT2D eigenvalue weighted by molar-refractivity contribution is -0.149. The molecule has 2 heterocycles. The average Bonchev–Trinajstić information content (AvgIpc) is 3.77. The number of carbonyl (C=O) groups is 10. The molecule has 2 saturated heterocycles. The van der Waals surface area contributed by atoms with Gasteiger partial charge in [-0.1, -0.05) is 68.4 Å². The van der Waals surface area contributed by atoms with E-state index in [1.807, 2.05) is 36.4 Å². The Hall–Kier alpha value is -9.12. The first-order valence-corrected chi connectivity index (χ1v) is 27.6. The molecule has 0 aliphatic carbocycles. The Balaban J connectivity index is 1.31. The second kappa shape index (κ2) is 31.9. The number of nitrogens with two attached hydrogens (primary N) is 3. The minimum absolute atomic E-state index is 0.0332. The van der Waals surface area contributed by atoms with Crippen LogP contribution in [0.25, 0.3) is 10.8 Å².